The van der Waals surface area contributed by atoms with Crippen molar-refractivity contribution in [1.82, 2.24) is 35.1 Å². The first-order valence-corrected chi connectivity index (χ1v) is 17.3. The highest BCUT2D eigenvalue weighted by Crippen LogP contribution is 2.12. The number of nitrogens with one attached hydrogen (secondary N) is 2. The first kappa shape index (κ1) is 38.0. The van der Waals surface area contributed by atoms with Crippen LogP contribution in [-0.2, 0) is 19.4 Å². The van der Waals surface area contributed by atoms with Gasteiger partial charge in [0, 0.05) is 50.4 Å². The zero-order valence-corrected chi connectivity index (χ0v) is 29.3. The summed E-state index contributed by atoms with van der Waals surface area (Å²) in [7, 11) is 4.12. The summed E-state index contributed by atoms with van der Waals surface area (Å²) in [5.74, 6) is 3.36. The minimum absolute atomic E-state index is 0.0653. The van der Waals surface area contributed by atoms with Crippen LogP contribution in [0.4, 0.5) is 5.82 Å². The number of aromatic nitrogens is 4. The first-order chi connectivity index (χ1) is 23.5. The second-order valence-electron chi connectivity index (χ2n) is 11.5. The molecule has 0 atom stereocenters. The quantitative estimate of drug-likeness (QED) is 0.151. The molecule has 2 N–H and O–H groups in total. The maximum absolute atomic E-state index is 11.9. The minimum atomic E-state index is -0.0653. The molecule has 0 saturated carbocycles. The molecule has 1 aliphatic heterocycles. The molecule has 2 aromatic heterocycles. The Kier molecular flexibility index (Phi) is 18.2. The Balaban J connectivity index is 0.000000248. The van der Waals surface area contributed by atoms with Gasteiger partial charge in [0.25, 0.3) is 5.91 Å². The highest BCUT2D eigenvalue weighted by molar-refractivity contribution is 5.94. The third-order valence-corrected chi connectivity index (χ3v) is 7.46. The molecule has 1 aliphatic rings. The Morgan fingerprint density at radius 1 is 0.812 bits per heavy atom. The Hall–Kier alpha value is -4.41. The Bertz CT molecular complexity index is 1420. The van der Waals surface area contributed by atoms with Gasteiger partial charge in [-0.1, -0.05) is 56.7 Å². The smallest absolute Gasteiger partial charge is 0.251 e. The lowest BCUT2D eigenvalue weighted by Gasteiger charge is -2.25. The van der Waals surface area contributed by atoms with Crippen molar-refractivity contribution in [3.63, 3.8) is 0 Å². The van der Waals surface area contributed by atoms with E-state index in [1.807, 2.05) is 80.7 Å². The molecule has 2 aromatic carbocycles. The lowest BCUT2D eigenvalue weighted by Crippen LogP contribution is -2.31. The number of piperidine rings is 1. The molecule has 48 heavy (non-hydrogen) atoms. The van der Waals surface area contributed by atoms with Crippen molar-refractivity contribution >= 4 is 11.7 Å². The molecule has 0 spiro atoms. The molecule has 10 heteroatoms. The van der Waals surface area contributed by atoms with Gasteiger partial charge in [-0.3, -0.25) is 4.79 Å². The van der Waals surface area contributed by atoms with Crippen LogP contribution in [-0.4, -0.2) is 89.0 Å². The monoisotopic (exact) mass is 654 g/mol. The number of aryl methyl sites for hydroxylation is 1. The molecular formula is C38H54N8O2. The van der Waals surface area contributed by atoms with E-state index in [4.69, 9.17) is 4.74 Å². The van der Waals surface area contributed by atoms with Crippen LogP contribution in [0.1, 0.15) is 67.2 Å². The fourth-order valence-corrected chi connectivity index (χ4v) is 4.99. The van der Waals surface area contributed by atoms with Gasteiger partial charge in [-0.25, -0.2) is 19.9 Å². The Morgan fingerprint density at radius 3 is 2.19 bits per heavy atom. The van der Waals surface area contributed by atoms with Gasteiger partial charge >= 0.3 is 0 Å². The number of nitrogens with zero attached hydrogens (tertiary/aromatic N) is 6. The summed E-state index contributed by atoms with van der Waals surface area (Å²) in [6, 6.07) is 22.8. The van der Waals surface area contributed by atoms with E-state index >= 15 is 0 Å². The van der Waals surface area contributed by atoms with Crippen molar-refractivity contribution in [2.24, 2.45) is 0 Å². The normalized spacial score (nSPS) is 12.6. The van der Waals surface area contributed by atoms with E-state index in [9.17, 15) is 4.79 Å². The van der Waals surface area contributed by atoms with Gasteiger partial charge in [0.15, 0.2) is 0 Å². The molecule has 0 aliphatic carbocycles. The van der Waals surface area contributed by atoms with Crippen LogP contribution in [0.25, 0.3) is 0 Å². The maximum atomic E-state index is 11.9. The van der Waals surface area contributed by atoms with E-state index in [2.05, 4.69) is 54.5 Å². The number of benzene rings is 2. The molecule has 1 fully saturated rings. The summed E-state index contributed by atoms with van der Waals surface area (Å²) >= 11 is 0. The van der Waals surface area contributed by atoms with Crippen LogP contribution in [0.2, 0.25) is 0 Å². The highest BCUT2D eigenvalue weighted by atomic mass is 16.5. The van der Waals surface area contributed by atoms with Crippen molar-refractivity contribution in [2.75, 3.05) is 58.7 Å². The van der Waals surface area contributed by atoms with E-state index < -0.39 is 0 Å². The van der Waals surface area contributed by atoms with E-state index in [-0.39, 0.29) is 5.91 Å². The van der Waals surface area contributed by atoms with E-state index in [0.717, 1.165) is 61.3 Å². The van der Waals surface area contributed by atoms with Crippen LogP contribution in [0, 0.1) is 0 Å². The van der Waals surface area contributed by atoms with Gasteiger partial charge in [0.05, 0.1) is 5.69 Å². The van der Waals surface area contributed by atoms with Crippen LogP contribution >= 0.6 is 0 Å². The molecule has 1 saturated heterocycles. The summed E-state index contributed by atoms with van der Waals surface area (Å²) in [6.45, 7) is 10.2. The van der Waals surface area contributed by atoms with Crippen molar-refractivity contribution in [3.8, 4) is 5.75 Å². The minimum Gasteiger partial charge on any atom is -0.487 e. The molecular weight excluding hydrogens is 600 g/mol. The summed E-state index contributed by atoms with van der Waals surface area (Å²) < 4.78 is 5.74. The number of likely N-dealkylation sites (tertiary alicyclic amines) is 1. The van der Waals surface area contributed by atoms with Crippen LogP contribution in [0.3, 0.4) is 0 Å². The molecule has 3 heterocycles. The largest absolute Gasteiger partial charge is 0.487 e. The van der Waals surface area contributed by atoms with Crippen molar-refractivity contribution in [2.45, 2.75) is 59.0 Å². The second kappa shape index (κ2) is 23.0. The van der Waals surface area contributed by atoms with Crippen LogP contribution in [0.15, 0.2) is 85.2 Å². The van der Waals surface area contributed by atoms with Crippen molar-refractivity contribution < 1.29 is 9.53 Å². The lowest BCUT2D eigenvalue weighted by atomic mass is 10.1. The van der Waals surface area contributed by atoms with Crippen LogP contribution in [0.5, 0.6) is 5.75 Å². The second-order valence-corrected chi connectivity index (χ2v) is 11.5. The standard InChI is InChI=1S/C18H25N5O.C18H23N3O.C2H6/c1-23(2)14-6-9-16-19-11-10-17(22-16)20-12-13-21-18(24)15-7-4-3-5-8-15;1-3-7-17(8-4-1)22-15-16-9-11-19-18(20-16)10-14-21-12-5-2-6-13-21;1-2/h3-5,7-8,10-11H,6,9,12-14H2,1-2H3,(H,21,24)(H,19,20,22);1,3-4,7-9,11H,2,5-6,10,12-15H2;1-2H3. The number of hydrogen-bond donors (Lipinski definition) is 2. The topological polar surface area (TPSA) is 108 Å². The molecule has 0 bridgehead atoms. The average molecular weight is 655 g/mol. The molecule has 4 aromatic rings. The average Bonchev–Trinajstić information content (AvgIpc) is 3.14. The van der Waals surface area contributed by atoms with E-state index in [0.29, 0.717) is 25.3 Å². The number of carbonyl (C=O) groups is 1. The highest BCUT2D eigenvalue weighted by Gasteiger charge is 2.11. The molecule has 10 nitrogen and oxygen atoms in total. The van der Waals surface area contributed by atoms with Gasteiger partial charge in [0.1, 0.15) is 29.8 Å². The fraction of sp³-hybridized carbons (Fsp3) is 0.447. The molecule has 1 amide bonds. The molecule has 5 rings (SSSR count). The fourth-order valence-electron chi connectivity index (χ4n) is 4.99. The van der Waals surface area contributed by atoms with Gasteiger partial charge in [-0.2, -0.15) is 0 Å². The van der Waals surface area contributed by atoms with Gasteiger partial charge in [-0.05, 0) is 89.4 Å². The summed E-state index contributed by atoms with van der Waals surface area (Å²) in [5.41, 5.74) is 1.61. The molecule has 0 radical (unpaired) electrons. The number of hydrogen-bond acceptors (Lipinski definition) is 9. The van der Waals surface area contributed by atoms with E-state index in [1.165, 1.54) is 32.4 Å². The first-order valence-electron chi connectivity index (χ1n) is 17.3. The molecule has 0 unspecified atom stereocenters. The number of amides is 1. The summed E-state index contributed by atoms with van der Waals surface area (Å²) in [5, 5.41) is 6.10. The number of para-hydroxylation sites is 1. The van der Waals surface area contributed by atoms with Gasteiger partial charge in [-0.15, -0.1) is 0 Å². The van der Waals surface area contributed by atoms with Crippen LogP contribution < -0.4 is 15.4 Å². The molecule has 258 valence electrons. The third-order valence-electron chi connectivity index (χ3n) is 7.46. The van der Waals surface area contributed by atoms with E-state index in [1.54, 1.807) is 18.3 Å². The zero-order valence-electron chi connectivity index (χ0n) is 29.3. The maximum Gasteiger partial charge on any atom is 0.251 e. The predicted octanol–water partition coefficient (Wildman–Crippen LogP) is 5.92. The summed E-state index contributed by atoms with van der Waals surface area (Å²) in [4.78, 5) is 34.4. The number of carbonyl (C=O) groups excluding carboxylic acids is 1. The lowest BCUT2D eigenvalue weighted by molar-refractivity contribution is 0.0955. The van der Waals surface area contributed by atoms with Gasteiger partial charge in [0.2, 0.25) is 0 Å². The summed E-state index contributed by atoms with van der Waals surface area (Å²) in [6.07, 6.45) is 10.4. The third kappa shape index (κ3) is 15.5. The number of rotatable bonds is 15. The van der Waals surface area contributed by atoms with Crippen molar-refractivity contribution in [3.05, 3.63) is 108 Å². The van der Waals surface area contributed by atoms with Gasteiger partial charge < -0.3 is 25.2 Å². The zero-order chi connectivity index (χ0) is 34.2. The number of ether oxygens (including phenoxy) is 1. The SMILES string of the molecule is CC.CN(C)CCCc1nccc(NCCNC(=O)c2ccccc2)n1.c1ccc(OCc2ccnc(CCN3CCCCC3)n2)cc1. The Labute approximate surface area is 287 Å². The van der Waals surface area contributed by atoms with Crippen molar-refractivity contribution in [1.29, 1.82) is 0 Å². The number of anilines is 1. The predicted molar refractivity (Wildman–Crippen MR) is 194 cm³/mol. The Morgan fingerprint density at radius 2 is 1.48 bits per heavy atom.